The molecule has 2 aromatic carbocycles. The van der Waals surface area contributed by atoms with E-state index in [0.29, 0.717) is 10.7 Å². The summed E-state index contributed by atoms with van der Waals surface area (Å²) < 4.78 is 18.5. The first-order valence-corrected chi connectivity index (χ1v) is 6.36. The summed E-state index contributed by atoms with van der Waals surface area (Å²) in [6, 6.07) is 11.1. The van der Waals surface area contributed by atoms with Gasteiger partial charge in [-0.1, -0.05) is 23.7 Å². The molecule has 0 spiro atoms. The standard InChI is InChI=1S/C15H13ClFNO2/c16-12-4-5-14(17)11(8-12)9-20-15(19)7-10-2-1-3-13(18)6-10/h1-6,8H,7,9,18H2. The van der Waals surface area contributed by atoms with E-state index < -0.39 is 11.8 Å². The first kappa shape index (κ1) is 14.3. The van der Waals surface area contributed by atoms with Crippen LogP contribution in [0.15, 0.2) is 42.5 Å². The number of carbonyl (C=O) groups excluding carboxylic acids is 1. The number of nitrogen functional groups attached to an aromatic ring is 1. The molecule has 0 aliphatic carbocycles. The van der Waals surface area contributed by atoms with Crippen molar-refractivity contribution in [2.24, 2.45) is 0 Å². The average Bonchev–Trinajstić information content (AvgIpc) is 2.40. The molecule has 3 nitrogen and oxygen atoms in total. The van der Waals surface area contributed by atoms with Gasteiger partial charge in [-0.25, -0.2) is 4.39 Å². The molecule has 20 heavy (non-hydrogen) atoms. The maximum atomic E-state index is 13.4. The third-order valence-corrected chi connectivity index (χ3v) is 2.93. The Morgan fingerprint density at radius 3 is 2.80 bits per heavy atom. The molecule has 2 aromatic rings. The van der Waals surface area contributed by atoms with Crippen molar-refractivity contribution in [3.05, 3.63) is 64.4 Å². The second-order valence-corrected chi connectivity index (χ2v) is 4.75. The lowest BCUT2D eigenvalue weighted by Gasteiger charge is -2.07. The summed E-state index contributed by atoms with van der Waals surface area (Å²) in [5, 5.41) is 0.397. The highest BCUT2D eigenvalue weighted by molar-refractivity contribution is 6.30. The average molecular weight is 294 g/mol. The van der Waals surface area contributed by atoms with Crippen LogP contribution in [0.2, 0.25) is 5.02 Å². The van der Waals surface area contributed by atoms with E-state index in [9.17, 15) is 9.18 Å². The molecule has 0 aliphatic heterocycles. The second kappa shape index (κ2) is 6.39. The van der Waals surface area contributed by atoms with Crippen LogP contribution < -0.4 is 5.73 Å². The lowest BCUT2D eigenvalue weighted by molar-refractivity contribution is -0.144. The molecule has 0 saturated carbocycles. The first-order valence-electron chi connectivity index (χ1n) is 5.98. The highest BCUT2D eigenvalue weighted by Gasteiger charge is 2.08. The summed E-state index contributed by atoms with van der Waals surface area (Å²) in [7, 11) is 0. The van der Waals surface area contributed by atoms with Gasteiger partial charge in [0, 0.05) is 16.3 Å². The van der Waals surface area contributed by atoms with Crippen molar-refractivity contribution in [3.63, 3.8) is 0 Å². The molecule has 104 valence electrons. The predicted octanol–water partition coefficient (Wildman–Crippen LogP) is 3.35. The second-order valence-electron chi connectivity index (χ2n) is 4.32. The van der Waals surface area contributed by atoms with E-state index in [1.807, 2.05) is 0 Å². The minimum Gasteiger partial charge on any atom is -0.460 e. The molecule has 0 atom stereocenters. The SMILES string of the molecule is Nc1cccc(CC(=O)OCc2cc(Cl)ccc2F)c1. The number of nitrogens with two attached hydrogens (primary N) is 1. The van der Waals surface area contributed by atoms with Crippen molar-refractivity contribution in [2.45, 2.75) is 13.0 Å². The minimum atomic E-state index is -0.453. The van der Waals surface area contributed by atoms with Gasteiger partial charge in [0.15, 0.2) is 0 Å². The lowest BCUT2D eigenvalue weighted by Crippen LogP contribution is -2.09. The normalized spacial score (nSPS) is 10.3. The number of ether oxygens (including phenoxy) is 1. The van der Waals surface area contributed by atoms with Crippen LogP contribution in [-0.4, -0.2) is 5.97 Å². The minimum absolute atomic E-state index is 0.0905. The Bertz CT molecular complexity index is 631. The van der Waals surface area contributed by atoms with Gasteiger partial charge >= 0.3 is 5.97 Å². The van der Waals surface area contributed by atoms with Crippen LogP contribution in [0.1, 0.15) is 11.1 Å². The van der Waals surface area contributed by atoms with E-state index in [4.69, 9.17) is 22.1 Å². The fourth-order valence-corrected chi connectivity index (χ4v) is 1.93. The number of esters is 1. The largest absolute Gasteiger partial charge is 0.460 e. The van der Waals surface area contributed by atoms with Gasteiger partial charge in [0.2, 0.25) is 0 Å². The number of rotatable bonds is 4. The van der Waals surface area contributed by atoms with Gasteiger partial charge in [0.05, 0.1) is 6.42 Å². The zero-order valence-electron chi connectivity index (χ0n) is 10.6. The summed E-state index contributed by atoms with van der Waals surface area (Å²) >= 11 is 5.76. The molecule has 0 aromatic heterocycles. The third-order valence-electron chi connectivity index (χ3n) is 2.70. The van der Waals surface area contributed by atoms with Gasteiger partial charge in [0.1, 0.15) is 12.4 Å². The molecular formula is C15H13ClFNO2. The van der Waals surface area contributed by atoms with Crippen LogP contribution in [0.3, 0.4) is 0 Å². The van der Waals surface area contributed by atoms with E-state index in [2.05, 4.69) is 0 Å². The summed E-state index contributed by atoms with van der Waals surface area (Å²) in [6.45, 7) is -0.145. The molecule has 2 rings (SSSR count). The molecule has 0 aliphatic rings. The molecule has 0 saturated heterocycles. The van der Waals surface area contributed by atoms with Gasteiger partial charge < -0.3 is 10.5 Å². The van der Waals surface area contributed by atoms with E-state index >= 15 is 0 Å². The van der Waals surface area contributed by atoms with E-state index in [0.717, 1.165) is 5.56 Å². The van der Waals surface area contributed by atoms with Crippen LogP contribution in [0.4, 0.5) is 10.1 Å². The summed E-state index contributed by atoms with van der Waals surface area (Å²) in [4.78, 5) is 11.7. The van der Waals surface area contributed by atoms with Crippen LogP contribution in [0, 0.1) is 5.82 Å². The van der Waals surface area contributed by atoms with E-state index in [1.165, 1.54) is 18.2 Å². The number of hydrogen-bond acceptors (Lipinski definition) is 3. The quantitative estimate of drug-likeness (QED) is 0.695. The molecule has 0 bridgehead atoms. The summed E-state index contributed by atoms with van der Waals surface area (Å²) in [6.07, 6.45) is 0.0905. The van der Waals surface area contributed by atoms with Gasteiger partial charge in [-0.2, -0.15) is 0 Å². The fraction of sp³-hybridized carbons (Fsp3) is 0.133. The highest BCUT2D eigenvalue weighted by atomic mass is 35.5. The zero-order valence-corrected chi connectivity index (χ0v) is 11.4. The Kier molecular flexibility index (Phi) is 4.58. The van der Waals surface area contributed by atoms with Gasteiger partial charge in [-0.05, 0) is 35.9 Å². The predicted molar refractivity (Wildman–Crippen MR) is 75.8 cm³/mol. The van der Waals surface area contributed by atoms with Crippen molar-refractivity contribution >= 4 is 23.3 Å². The monoisotopic (exact) mass is 293 g/mol. The van der Waals surface area contributed by atoms with Gasteiger partial charge in [-0.3, -0.25) is 4.79 Å². The van der Waals surface area contributed by atoms with Crippen molar-refractivity contribution in [1.29, 1.82) is 0 Å². The fourth-order valence-electron chi connectivity index (χ4n) is 1.73. The maximum absolute atomic E-state index is 13.4. The Hall–Kier alpha value is -2.07. The van der Waals surface area contributed by atoms with Crippen molar-refractivity contribution < 1.29 is 13.9 Å². The molecule has 0 radical (unpaired) electrons. The number of anilines is 1. The Morgan fingerprint density at radius 2 is 2.05 bits per heavy atom. The first-order chi connectivity index (χ1) is 9.54. The Balaban J connectivity index is 1.94. The summed E-state index contributed by atoms with van der Waals surface area (Å²) in [5.74, 6) is -0.902. The number of hydrogen-bond donors (Lipinski definition) is 1. The molecule has 0 heterocycles. The van der Waals surface area contributed by atoms with Gasteiger partial charge in [-0.15, -0.1) is 0 Å². The van der Waals surface area contributed by atoms with Crippen molar-refractivity contribution in [3.8, 4) is 0 Å². The van der Waals surface area contributed by atoms with E-state index in [-0.39, 0.29) is 18.6 Å². The number of carbonyl (C=O) groups is 1. The third kappa shape index (κ3) is 3.96. The smallest absolute Gasteiger partial charge is 0.310 e. The molecule has 2 N–H and O–H groups in total. The van der Waals surface area contributed by atoms with Crippen LogP contribution in [0.25, 0.3) is 0 Å². The van der Waals surface area contributed by atoms with Crippen molar-refractivity contribution in [1.82, 2.24) is 0 Å². The molecular weight excluding hydrogens is 281 g/mol. The van der Waals surface area contributed by atoms with E-state index in [1.54, 1.807) is 24.3 Å². The van der Waals surface area contributed by atoms with Gasteiger partial charge in [0.25, 0.3) is 0 Å². The molecule has 0 fully saturated rings. The van der Waals surface area contributed by atoms with Crippen molar-refractivity contribution in [2.75, 3.05) is 5.73 Å². The van der Waals surface area contributed by atoms with Crippen LogP contribution in [0.5, 0.6) is 0 Å². The number of halogens is 2. The number of benzene rings is 2. The van der Waals surface area contributed by atoms with Crippen LogP contribution >= 0.6 is 11.6 Å². The molecule has 0 unspecified atom stereocenters. The molecule has 5 heteroatoms. The lowest BCUT2D eigenvalue weighted by atomic mass is 10.1. The highest BCUT2D eigenvalue weighted by Crippen LogP contribution is 2.16. The maximum Gasteiger partial charge on any atom is 0.310 e. The van der Waals surface area contributed by atoms with Crippen LogP contribution in [-0.2, 0) is 22.6 Å². The topological polar surface area (TPSA) is 52.3 Å². The Morgan fingerprint density at radius 1 is 1.25 bits per heavy atom. The molecule has 0 amide bonds. The zero-order chi connectivity index (χ0) is 14.5. The Labute approximate surface area is 121 Å². The summed E-state index contributed by atoms with van der Waals surface area (Å²) in [5.41, 5.74) is 7.20.